The molecule has 0 bridgehead atoms. The number of hydrogen-bond acceptors (Lipinski definition) is 4. The summed E-state index contributed by atoms with van der Waals surface area (Å²) >= 11 is -3.36. The first-order valence-corrected chi connectivity index (χ1v) is 5.54. The van der Waals surface area contributed by atoms with Crippen molar-refractivity contribution in [1.82, 2.24) is 0 Å². The van der Waals surface area contributed by atoms with Crippen molar-refractivity contribution < 1.29 is 27.1 Å². The molecule has 0 saturated heterocycles. The number of rotatable bonds is 7. The molecule has 0 aliphatic heterocycles. The van der Waals surface area contributed by atoms with E-state index in [1.165, 1.54) is 6.92 Å². The standard InChI is InChI=1S/C8H14F2O4S/c1-7(11)14-6-4-2-3-5-8(9,10)15(12)13/h2-6H2,1H3,(H,12,13)/p-1. The zero-order chi connectivity index (χ0) is 11.9. The quantitative estimate of drug-likeness (QED) is 0.387. The third-order valence-corrected chi connectivity index (χ3v) is 2.35. The molecule has 90 valence electrons. The Kier molecular flexibility index (Phi) is 6.58. The molecule has 0 aromatic carbocycles. The first-order chi connectivity index (χ1) is 6.86. The van der Waals surface area contributed by atoms with Crippen LogP contribution in [0.5, 0.6) is 0 Å². The number of hydrogen-bond donors (Lipinski definition) is 0. The van der Waals surface area contributed by atoms with Crippen molar-refractivity contribution in [3.8, 4) is 0 Å². The molecule has 15 heavy (non-hydrogen) atoms. The molecule has 0 amide bonds. The van der Waals surface area contributed by atoms with Crippen LogP contribution in [0, 0.1) is 0 Å². The zero-order valence-corrected chi connectivity index (χ0v) is 9.15. The van der Waals surface area contributed by atoms with Crippen LogP contribution in [-0.4, -0.2) is 26.6 Å². The van der Waals surface area contributed by atoms with Crippen LogP contribution in [-0.2, 0) is 20.6 Å². The second kappa shape index (κ2) is 6.84. The SMILES string of the molecule is CC(=O)OCCCCCC(F)(F)S(=O)[O-]. The van der Waals surface area contributed by atoms with Gasteiger partial charge in [-0.2, -0.15) is 8.78 Å². The van der Waals surface area contributed by atoms with Gasteiger partial charge in [-0.15, -0.1) is 0 Å². The van der Waals surface area contributed by atoms with Gasteiger partial charge in [0.1, 0.15) is 0 Å². The highest BCUT2D eigenvalue weighted by Crippen LogP contribution is 2.24. The molecule has 0 aromatic rings. The van der Waals surface area contributed by atoms with Gasteiger partial charge in [0.25, 0.3) is 0 Å². The van der Waals surface area contributed by atoms with Crippen LogP contribution in [0.4, 0.5) is 8.78 Å². The van der Waals surface area contributed by atoms with Crippen molar-refractivity contribution in [1.29, 1.82) is 0 Å². The summed E-state index contributed by atoms with van der Waals surface area (Å²) in [5.74, 6) is -0.416. The predicted octanol–water partition coefficient (Wildman–Crippen LogP) is 1.58. The lowest BCUT2D eigenvalue weighted by atomic mass is 10.2. The number of carbonyl (C=O) groups is 1. The lowest BCUT2D eigenvalue weighted by Crippen LogP contribution is -2.22. The van der Waals surface area contributed by atoms with Crippen molar-refractivity contribution >= 4 is 17.0 Å². The van der Waals surface area contributed by atoms with Crippen molar-refractivity contribution in [3.63, 3.8) is 0 Å². The van der Waals surface area contributed by atoms with E-state index >= 15 is 0 Å². The fourth-order valence-electron chi connectivity index (χ4n) is 0.909. The number of esters is 1. The van der Waals surface area contributed by atoms with E-state index in [0.717, 1.165) is 0 Å². The van der Waals surface area contributed by atoms with Gasteiger partial charge < -0.3 is 9.29 Å². The Morgan fingerprint density at radius 3 is 2.47 bits per heavy atom. The molecule has 0 heterocycles. The summed E-state index contributed by atoms with van der Waals surface area (Å²) in [6.45, 7) is 1.44. The molecule has 1 unspecified atom stereocenters. The van der Waals surface area contributed by atoms with Crippen LogP contribution in [0.15, 0.2) is 0 Å². The van der Waals surface area contributed by atoms with Gasteiger partial charge in [-0.1, -0.05) is 0 Å². The summed E-state index contributed by atoms with van der Waals surface area (Å²) in [4.78, 5) is 10.3. The van der Waals surface area contributed by atoms with Crippen LogP contribution in [0.2, 0.25) is 0 Å². The monoisotopic (exact) mass is 243 g/mol. The summed E-state index contributed by atoms with van der Waals surface area (Å²) in [5.41, 5.74) is 0. The molecule has 0 rings (SSSR count). The molecule has 0 aliphatic rings. The Hall–Kier alpha value is -0.560. The molecule has 0 radical (unpaired) electrons. The Morgan fingerprint density at radius 1 is 1.40 bits per heavy atom. The highest BCUT2D eigenvalue weighted by molar-refractivity contribution is 7.80. The Balaban J connectivity index is 3.46. The summed E-state index contributed by atoms with van der Waals surface area (Å²) in [6.07, 6.45) is 0.257. The van der Waals surface area contributed by atoms with E-state index in [4.69, 9.17) is 0 Å². The first kappa shape index (κ1) is 14.4. The molecular weight excluding hydrogens is 230 g/mol. The molecule has 0 aliphatic carbocycles. The predicted molar refractivity (Wildman–Crippen MR) is 49.0 cm³/mol. The van der Waals surface area contributed by atoms with E-state index in [9.17, 15) is 22.3 Å². The van der Waals surface area contributed by atoms with Crippen LogP contribution in [0.3, 0.4) is 0 Å². The second-order valence-electron chi connectivity index (χ2n) is 3.02. The Bertz CT molecular complexity index is 233. The largest absolute Gasteiger partial charge is 0.768 e. The molecular formula is C8H13F2O4S-. The van der Waals surface area contributed by atoms with Crippen LogP contribution in [0.1, 0.15) is 32.6 Å². The smallest absolute Gasteiger partial charge is 0.309 e. The van der Waals surface area contributed by atoms with Crippen LogP contribution >= 0.6 is 0 Å². The third kappa shape index (κ3) is 7.38. The zero-order valence-electron chi connectivity index (χ0n) is 8.33. The van der Waals surface area contributed by atoms with Gasteiger partial charge in [-0.05, 0) is 19.3 Å². The minimum absolute atomic E-state index is 0.0856. The van der Waals surface area contributed by atoms with Gasteiger partial charge in [0.2, 0.25) is 0 Å². The number of carbonyl (C=O) groups excluding carboxylic acids is 1. The maximum atomic E-state index is 12.5. The molecule has 0 aromatic heterocycles. The molecule has 0 fully saturated rings. The average Bonchev–Trinajstić information content (AvgIpc) is 2.10. The maximum Gasteiger partial charge on any atom is 0.309 e. The minimum Gasteiger partial charge on any atom is -0.768 e. The van der Waals surface area contributed by atoms with Gasteiger partial charge in [0.05, 0.1) is 6.61 Å². The van der Waals surface area contributed by atoms with Crippen molar-refractivity contribution in [2.24, 2.45) is 0 Å². The van der Waals surface area contributed by atoms with Crippen molar-refractivity contribution in [3.05, 3.63) is 0 Å². The normalized spacial score (nSPS) is 13.6. The Labute approximate surface area is 89.3 Å². The lowest BCUT2D eigenvalue weighted by molar-refractivity contribution is -0.141. The van der Waals surface area contributed by atoms with Gasteiger partial charge in [-0.3, -0.25) is 9.00 Å². The minimum atomic E-state index is -3.65. The highest BCUT2D eigenvalue weighted by atomic mass is 32.2. The van der Waals surface area contributed by atoms with Crippen LogP contribution < -0.4 is 0 Å². The van der Waals surface area contributed by atoms with Gasteiger partial charge in [0.15, 0.2) is 0 Å². The summed E-state index contributed by atoms with van der Waals surface area (Å²) in [5, 5.41) is -3.65. The average molecular weight is 243 g/mol. The van der Waals surface area contributed by atoms with Crippen molar-refractivity contribution in [2.75, 3.05) is 6.61 Å². The van der Waals surface area contributed by atoms with E-state index in [-0.39, 0.29) is 13.0 Å². The van der Waals surface area contributed by atoms with E-state index in [1.807, 2.05) is 0 Å². The van der Waals surface area contributed by atoms with Crippen molar-refractivity contribution in [2.45, 2.75) is 37.9 Å². The second-order valence-corrected chi connectivity index (χ2v) is 4.09. The molecule has 0 saturated carbocycles. The first-order valence-electron chi connectivity index (χ1n) is 4.47. The fraction of sp³-hybridized carbons (Fsp3) is 0.875. The van der Waals surface area contributed by atoms with Gasteiger partial charge in [0, 0.05) is 24.4 Å². The van der Waals surface area contributed by atoms with E-state index in [1.54, 1.807) is 0 Å². The lowest BCUT2D eigenvalue weighted by Gasteiger charge is -2.18. The van der Waals surface area contributed by atoms with E-state index in [2.05, 4.69) is 4.74 Å². The molecule has 4 nitrogen and oxygen atoms in total. The molecule has 1 atom stereocenters. The van der Waals surface area contributed by atoms with Gasteiger partial charge in [-0.25, -0.2) is 0 Å². The van der Waals surface area contributed by atoms with E-state index < -0.39 is 28.7 Å². The highest BCUT2D eigenvalue weighted by Gasteiger charge is 2.29. The van der Waals surface area contributed by atoms with Crippen LogP contribution in [0.25, 0.3) is 0 Å². The summed E-state index contributed by atoms with van der Waals surface area (Å²) < 4.78 is 49.6. The van der Waals surface area contributed by atoms with Gasteiger partial charge >= 0.3 is 11.2 Å². The number of halogens is 2. The molecule has 0 N–H and O–H groups in total. The number of unbranched alkanes of at least 4 members (excludes halogenated alkanes) is 2. The van der Waals surface area contributed by atoms with E-state index in [0.29, 0.717) is 12.8 Å². The summed E-state index contributed by atoms with van der Waals surface area (Å²) in [7, 11) is 0. The third-order valence-electron chi connectivity index (χ3n) is 1.66. The topological polar surface area (TPSA) is 66.4 Å². The number of ether oxygens (including phenoxy) is 1. The molecule has 7 heteroatoms. The molecule has 0 spiro atoms. The maximum absolute atomic E-state index is 12.5. The summed E-state index contributed by atoms with van der Waals surface area (Å²) in [6, 6.07) is 0. The fourth-order valence-corrected chi connectivity index (χ4v) is 1.22. The Morgan fingerprint density at radius 2 is 2.00 bits per heavy atom. The number of alkyl halides is 2.